The van der Waals surface area contributed by atoms with E-state index in [2.05, 4.69) is 65.2 Å². The maximum Gasteiger partial charge on any atom is 0.191 e. The van der Waals surface area contributed by atoms with Crippen molar-refractivity contribution in [2.24, 2.45) is 10.9 Å². The number of aliphatic imine (C=N–C) groups is 1. The Morgan fingerprint density at radius 3 is 2.79 bits per heavy atom. The van der Waals surface area contributed by atoms with E-state index in [9.17, 15) is 0 Å². The van der Waals surface area contributed by atoms with E-state index >= 15 is 0 Å². The number of benzene rings is 1. The van der Waals surface area contributed by atoms with Gasteiger partial charge in [-0.3, -0.25) is 4.99 Å². The molecule has 0 aliphatic carbocycles. The second-order valence-electron chi connectivity index (χ2n) is 6.01. The molecule has 0 spiro atoms. The van der Waals surface area contributed by atoms with Crippen molar-refractivity contribution in [3.05, 3.63) is 51.7 Å². The molecular formula is C19H27N3OS. The molecule has 2 aromatic rings. The molecule has 1 aromatic carbocycles. The topological polar surface area (TPSA) is 45.7 Å². The molecule has 1 heterocycles. The zero-order chi connectivity index (χ0) is 17.4. The van der Waals surface area contributed by atoms with E-state index in [0.717, 1.165) is 30.2 Å². The fourth-order valence-electron chi connectivity index (χ4n) is 2.51. The number of methoxy groups -OCH3 is 1. The Hall–Kier alpha value is -2.01. The SMILES string of the molecule is CN=C(NCc1ccc(C)cc1OC)NCC(C)Cc1cccs1. The van der Waals surface area contributed by atoms with Crippen molar-refractivity contribution in [1.29, 1.82) is 0 Å². The third-order valence-corrected chi connectivity index (χ3v) is 4.76. The average Bonchev–Trinajstić information content (AvgIpc) is 3.08. The van der Waals surface area contributed by atoms with E-state index in [0.29, 0.717) is 12.5 Å². The highest BCUT2D eigenvalue weighted by Gasteiger charge is 2.07. The summed E-state index contributed by atoms with van der Waals surface area (Å²) in [6.45, 7) is 5.89. The van der Waals surface area contributed by atoms with Gasteiger partial charge in [-0.1, -0.05) is 25.1 Å². The van der Waals surface area contributed by atoms with Crippen molar-refractivity contribution in [2.45, 2.75) is 26.8 Å². The Morgan fingerprint density at radius 1 is 1.29 bits per heavy atom. The van der Waals surface area contributed by atoms with E-state index in [4.69, 9.17) is 4.74 Å². The van der Waals surface area contributed by atoms with Crippen LogP contribution in [0.5, 0.6) is 5.75 Å². The molecule has 4 nitrogen and oxygen atoms in total. The molecule has 2 rings (SSSR count). The van der Waals surface area contributed by atoms with E-state index in [1.54, 1.807) is 14.2 Å². The van der Waals surface area contributed by atoms with Gasteiger partial charge < -0.3 is 15.4 Å². The summed E-state index contributed by atoms with van der Waals surface area (Å²) in [7, 11) is 3.50. The number of hydrogen-bond donors (Lipinski definition) is 2. The van der Waals surface area contributed by atoms with Crippen LogP contribution in [0.25, 0.3) is 0 Å². The molecule has 0 saturated carbocycles. The number of rotatable bonds is 7. The molecule has 5 heteroatoms. The molecule has 1 unspecified atom stereocenters. The molecule has 0 saturated heterocycles. The number of hydrogen-bond acceptors (Lipinski definition) is 3. The van der Waals surface area contributed by atoms with Crippen LogP contribution in [0, 0.1) is 12.8 Å². The molecule has 0 amide bonds. The molecule has 24 heavy (non-hydrogen) atoms. The minimum absolute atomic E-state index is 0.552. The summed E-state index contributed by atoms with van der Waals surface area (Å²) in [5, 5.41) is 8.89. The molecule has 2 N–H and O–H groups in total. The number of guanidine groups is 1. The van der Waals surface area contributed by atoms with Crippen LogP contribution in [0.3, 0.4) is 0 Å². The predicted molar refractivity (Wildman–Crippen MR) is 103 cm³/mol. The van der Waals surface area contributed by atoms with Gasteiger partial charge in [0, 0.05) is 30.6 Å². The number of ether oxygens (including phenoxy) is 1. The Bertz CT molecular complexity index is 653. The lowest BCUT2D eigenvalue weighted by molar-refractivity contribution is 0.408. The fourth-order valence-corrected chi connectivity index (χ4v) is 3.38. The largest absolute Gasteiger partial charge is 0.496 e. The molecule has 0 aliphatic rings. The molecular weight excluding hydrogens is 318 g/mol. The Kier molecular flexibility index (Phi) is 7.12. The van der Waals surface area contributed by atoms with Crippen LogP contribution in [-0.2, 0) is 13.0 Å². The number of thiophene rings is 1. The molecule has 0 aliphatic heterocycles. The van der Waals surface area contributed by atoms with E-state index < -0.39 is 0 Å². The van der Waals surface area contributed by atoms with E-state index in [-0.39, 0.29) is 0 Å². The second-order valence-corrected chi connectivity index (χ2v) is 7.04. The summed E-state index contributed by atoms with van der Waals surface area (Å²) in [6.07, 6.45) is 1.09. The first-order valence-electron chi connectivity index (χ1n) is 8.22. The molecule has 0 fully saturated rings. The summed E-state index contributed by atoms with van der Waals surface area (Å²) in [4.78, 5) is 5.73. The van der Waals surface area contributed by atoms with Crippen molar-refractivity contribution in [3.63, 3.8) is 0 Å². The van der Waals surface area contributed by atoms with Crippen LogP contribution in [0.4, 0.5) is 0 Å². The van der Waals surface area contributed by atoms with Gasteiger partial charge in [-0.05, 0) is 42.3 Å². The zero-order valence-corrected chi connectivity index (χ0v) is 15.7. The Labute approximate surface area is 149 Å². The van der Waals surface area contributed by atoms with Crippen LogP contribution in [0.15, 0.2) is 40.7 Å². The second kappa shape index (κ2) is 9.33. The quantitative estimate of drug-likeness (QED) is 0.595. The van der Waals surface area contributed by atoms with Gasteiger partial charge in [-0.2, -0.15) is 0 Å². The minimum atomic E-state index is 0.552. The van der Waals surface area contributed by atoms with Gasteiger partial charge in [0.15, 0.2) is 5.96 Å². The van der Waals surface area contributed by atoms with Gasteiger partial charge in [0.25, 0.3) is 0 Å². The first-order chi connectivity index (χ1) is 11.6. The van der Waals surface area contributed by atoms with Gasteiger partial charge in [-0.25, -0.2) is 0 Å². The highest BCUT2D eigenvalue weighted by Crippen LogP contribution is 2.19. The first kappa shape index (κ1) is 18.3. The minimum Gasteiger partial charge on any atom is -0.496 e. The fraction of sp³-hybridized carbons (Fsp3) is 0.421. The summed E-state index contributed by atoms with van der Waals surface area (Å²) < 4.78 is 5.45. The molecule has 1 atom stereocenters. The van der Waals surface area contributed by atoms with Gasteiger partial charge in [0.2, 0.25) is 0 Å². The van der Waals surface area contributed by atoms with Crippen molar-refractivity contribution in [1.82, 2.24) is 10.6 Å². The molecule has 130 valence electrons. The Morgan fingerprint density at radius 2 is 2.12 bits per heavy atom. The van der Waals surface area contributed by atoms with Gasteiger partial charge in [-0.15, -0.1) is 11.3 Å². The maximum absolute atomic E-state index is 5.45. The van der Waals surface area contributed by atoms with Crippen LogP contribution in [0.2, 0.25) is 0 Å². The monoisotopic (exact) mass is 345 g/mol. The average molecular weight is 346 g/mol. The van der Waals surface area contributed by atoms with E-state index in [1.165, 1.54) is 10.4 Å². The maximum atomic E-state index is 5.45. The number of nitrogens with zero attached hydrogens (tertiary/aromatic N) is 1. The summed E-state index contributed by atoms with van der Waals surface area (Å²) in [5.41, 5.74) is 2.32. The lowest BCUT2D eigenvalue weighted by Gasteiger charge is -2.16. The standard InChI is InChI=1S/C19H27N3OS/c1-14-7-8-16(18(11-14)23-4)13-22-19(20-3)21-12-15(2)10-17-6-5-9-24-17/h5-9,11,15H,10,12-13H2,1-4H3,(H2,20,21,22). The van der Waals surface area contributed by atoms with Crippen molar-refractivity contribution < 1.29 is 4.74 Å². The molecule has 1 aromatic heterocycles. The van der Waals surface area contributed by atoms with Crippen molar-refractivity contribution in [2.75, 3.05) is 20.7 Å². The molecule has 0 bridgehead atoms. The number of aryl methyl sites for hydroxylation is 1. The van der Waals surface area contributed by atoms with Crippen LogP contribution in [0.1, 0.15) is 22.9 Å². The summed E-state index contributed by atoms with van der Waals surface area (Å²) >= 11 is 1.82. The molecule has 0 radical (unpaired) electrons. The van der Waals surface area contributed by atoms with Crippen LogP contribution >= 0.6 is 11.3 Å². The van der Waals surface area contributed by atoms with Crippen LogP contribution in [-0.4, -0.2) is 26.7 Å². The van der Waals surface area contributed by atoms with Gasteiger partial charge >= 0.3 is 0 Å². The third-order valence-electron chi connectivity index (χ3n) is 3.86. The summed E-state index contributed by atoms with van der Waals surface area (Å²) in [6, 6.07) is 10.5. The van der Waals surface area contributed by atoms with Crippen LogP contribution < -0.4 is 15.4 Å². The number of nitrogens with one attached hydrogen (secondary N) is 2. The predicted octanol–water partition coefficient (Wildman–Crippen LogP) is 3.61. The van der Waals surface area contributed by atoms with E-state index in [1.807, 2.05) is 11.3 Å². The highest BCUT2D eigenvalue weighted by atomic mass is 32.1. The smallest absolute Gasteiger partial charge is 0.191 e. The lowest BCUT2D eigenvalue weighted by atomic mass is 10.1. The first-order valence-corrected chi connectivity index (χ1v) is 9.10. The zero-order valence-electron chi connectivity index (χ0n) is 14.9. The lowest BCUT2D eigenvalue weighted by Crippen LogP contribution is -2.39. The summed E-state index contributed by atoms with van der Waals surface area (Å²) in [5.74, 6) is 2.27. The van der Waals surface area contributed by atoms with Crippen molar-refractivity contribution in [3.8, 4) is 5.75 Å². The van der Waals surface area contributed by atoms with Gasteiger partial charge in [0.05, 0.1) is 7.11 Å². The Balaban J connectivity index is 1.82. The van der Waals surface area contributed by atoms with Gasteiger partial charge in [0.1, 0.15) is 5.75 Å². The van der Waals surface area contributed by atoms with Crippen molar-refractivity contribution >= 4 is 17.3 Å². The highest BCUT2D eigenvalue weighted by molar-refractivity contribution is 7.09. The normalized spacial score (nSPS) is 12.8. The third kappa shape index (κ3) is 5.57.